The minimum atomic E-state index is -0.520. The normalized spacial score (nSPS) is 10.3. The Morgan fingerprint density at radius 2 is 2.05 bits per heavy atom. The topological polar surface area (TPSA) is 77.8 Å². The summed E-state index contributed by atoms with van der Waals surface area (Å²) in [6.45, 7) is 1.58. The number of carbonyl (C=O) groups excluding carboxylic acids is 2. The van der Waals surface area contributed by atoms with Gasteiger partial charge in [-0.25, -0.2) is 0 Å². The number of aryl methyl sites for hydroxylation is 1. The van der Waals surface area contributed by atoms with Gasteiger partial charge in [-0.3, -0.25) is 9.59 Å². The summed E-state index contributed by atoms with van der Waals surface area (Å²) in [5.74, 6) is -0.114. The summed E-state index contributed by atoms with van der Waals surface area (Å²) in [5.41, 5.74) is 1.28. The molecule has 20 heavy (non-hydrogen) atoms. The maximum atomic E-state index is 12.0. The van der Waals surface area contributed by atoms with Crippen molar-refractivity contribution in [3.63, 3.8) is 0 Å². The Morgan fingerprint density at radius 3 is 2.70 bits per heavy atom. The number of nitrogens with one attached hydrogen (secondary N) is 1. The number of fused-ring (bicyclic) bond motifs is 1. The molecule has 1 amide bonds. The minimum Gasteiger partial charge on any atom is -0.497 e. The predicted molar refractivity (Wildman–Crippen MR) is 71.9 cm³/mol. The summed E-state index contributed by atoms with van der Waals surface area (Å²) in [7, 11) is 2.83. The lowest BCUT2D eigenvalue weighted by atomic mass is 10.1. The van der Waals surface area contributed by atoms with Crippen LogP contribution in [0, 0.1) is 6.92 Å². The van der Waals surface area contributed by atoms with E-state index in [1.807, 2.05) is 0 Å². The number of amides is 1. The van der Waals surface area contributed by atoms with Crippen LogP contribution in [0.4, 0.5) is 0 Å². The number of ether oxygens (including phenoxy) is 2. The van der Waals surface area contributed by atoms with Gasteiger partial charge in [0.1, 0.15) is 17.9 Å². The van der Waals surface area contributed by atoms with Gasteiger partial charge in [0.2, 0.25) is 0 Å². The third-order valence-corrected chi connectivity index (χ3v) is 2.97. The second-order valence-corrected chi connectivity index (χ2v) is 4.18. The largest absolute Gasteiger partial charge is 0.497 e. The standard InChI is InChI=1S/C14H15NO5/c1-8-10-6-9(18-2)4-5-11(10)20-13(8)14(17)15-7-12(16)19-3/h4-6H,7H2,1-3H3,(H,15,17). The van der Waals surface area contributed by atoms with Crippen molar-refractivity contribution < 1.29 is 23.5 Å². The van der Waals surface area contributed by atoms with Crippen LogP contribution in [-0.4, -0.2) is 32.6 Å². The van der Waals surface area contributed by atoms with Crippen LogP contribution < -0.4 is 10.1 Å². The fourth-order valence-corrected chi connectivity index (χ4v) is 1.85. The zero-order valence-corrected chi connectivity index (χ0v) is 11.5. The van der Waals surface area contributed by atoms with Crippen molar-refractivity contribution >= 4 is 22.8 Å². The molecule has 0 aliphatic rings. The number of esters is 1. The Labute approximate surface area is 115 Å². The molecule has 106 valence electrons. The van der Waals surface area contributed by atoms with Crippen LogP contribution in [-0.2, 0) is 9.53 Å². The molecule has 2 rings (SSSR count). The fourth-order valence-electron chi connectivity index (χ4n) is 1.85. The van der Waals surface area contributed by atoms with Gasteiger partial charge in [-0.1, -0.05) is 0 Å². The molecule has 6 nitrogen and oxygen atoms in total. The third kappa shape index (κ3) is 2.59. The van der Waals surface area contributed by atoms with E-state index >= 15 is 0 Å². The first kappa shape index (κ1) is 13.9. The van der Waals surface area contributed by atoms with Gasteiger partial charge in [-0.15, -0.1) is 0 Å². The zero-order chi connectivity index (χ0) is 14.7. The first-order valence-corrected chi connectivity index (χ1v) is 5.99. The number of methoxy groups -OCH3 is 2. The Bertz CT molecular complexity index is 659. The van der Waals surface area contributed by atoms with Gasteiger partial charge >= 0.3 is 5.97 Å². The second kappa shape index (κ2) is 5.64. The van der Waals surface area contributed by atoms with E-state index in [4.69, 9.17) is 9.15 Å². The van der Waals surface area contributed by atoms with Crippen molar-refractivity contribution in [1.29, 1.82) is 0 Å². The zero-order valence-electron chi connectivity index (χ0n) is 11.5. The maximum Gasteiger partial charge on any atom is 0.325 e. The molecule has 1 aromatic carbocycles. The Morgan fingerprint density at radius 1 is 1.30 bits per heavy atom. The third-order valence-electron chi connectivity index (χ3n) is 2.97. The van der Waals surface area contributed by atoms with Gasteiger partial charge < -0.3 is 19.2 Å². The first-order valence-electron chi connectivity index (χ1n) is 5.99. The number of hydrogen-bond donors (Lipinski definition) is 1. The molecule has 0 spiro atoms. The molecule has 0 unspecified atom stereocenters. The number of furan rings is 1. The fraction of sp³-hybridized carbons (Fsp3) is 0.286. The highest BCUT2D eigenvalue weighted by molar-refractivity contribution is 6.00. The summed E-state index contributed by atoms with van der Waals surface area (Å²) in [6.07, 6.45) is 0. The predicted octanol–water partition coefficient (Wildman–Crippen LogP) is 1.65. The molecule has 0 aliphatic heterocycles. The molecule has 0 saturated carbocycles. The lowest BCUT2D eigenvalue weighted by Crippen LogP contribution is -2.30. The number of carbonyl (C=O) groups is 2. The highest BCUT2D eigenvalue weighted by atomic mass is 16.5. The molecule has 0 radical (unpaired) electrons. The highest BCUT2D eigenvalue weighted by Crippen LogP contribution is 2.28. The van der Waals surface area contributed by atoms with E-state index in [1.165, 1.54) is 7.11 Å². The van der Waals surface area contributed by atoms with Crippen LogP contribution in [0.15, 0.2) is 22.6 Å². The molecule has 0 atom stereocenters. The van der Waals surface area contributed by atoms with E-state index in [-0.39, 0.29) is 12.3 Å². The summed E-state index contributed by atoms with van der Waals surface area (Å²) < 4.78 is 15.1. The van der Waals surface area contributed by atoms with Gasteiger partial charge in [-0.05, 0) is 25.1 Å². The van der Waals surface area contributed by atoms with Crippen LogP contribution in [0.2, 0.25) is 0 Å². The molecule has 1 aromatic heterocycles. The van der Waals surface area contributed by atoms with Crippen LogP contribution in [0.25, 0.3) is 11.0 Å². The van der Waals surface area contributed by atoms with Crippen LogP contribution in [0.3, 0.4) is 0 Å². The van der Waals surface area contributed by atoms with Crippen molar-refractivity contribution in [2.75, 3.05) is 20.8 Å². The first-order chi connectivity index (χ1) is 9.56. The van der Waals surface area contributed by atoms with E-state index in [0.29, 0.717) is 16.9 Å². The van der Waals surface area contributed by atoms with Crippen LogP contribution >= 0.6 is 0 Å². The van der Waals surface area contributed by atoms with Crippen molar-refractivity contribution in [3.8, 4) is 5.75 Å². The molecule has 0 saturated heterocycles. The van der Waals surface area contributed by atoms with Gasteiger partial charge in [0.15, 0.2) is 5.76 Å². The van der Waals surface area contributed by atoms with Gasteiger partial charge in [0.25, 0.3) is 5.91 Å². The van der Waals surface area contributed by atoms with E-state index < -0.39 is 11.9 Å². The van der Waals surface area contributed by atoms with Crippen molar-refractivity contribution in [3.05, 3.63) is 29.5 Å². The Balaban J connectivity index is 2.28. The molecule has 1 heterocycles. The number of benzene rings is 1. The summed E-state index contributed by atoms with van der Waals surface area (Å²) >= 11 is 0. The minimum absolute atomic E-state index is 0.178. The summed E-state index contributed by atoms with van der Waals surface area (Å²) in [4.78, 5) is 23.0. The molecule has 2 aromatic rings. The van der Waals surface area contributed by atoms with E-state index in [9.17, 15) is 9.59 Å². The van der Waals surface area contributed by atoms with Gasteiger partial charge in [0, 0.05) is 10.9 Å². The lowest BCUT2D eigenvalue weighted by molar-refractivity contribution is -0.139. The summed E-state index contributed by atoms with van der Waals surface area (Å²) in [5, 5.41) is 3.24. The molecular formula is C14H15NO5. The van der Waals surface area contributed by atoms with Gasteiger partial charge in [0.05, 0.1) is 14.2 Å². The van der Waals surface area contributed by atoms with E-state index in [2.05, 4.69) is 10.1 Å². The second-order valence-electron chi connectivity index (χ2n) is 4.18. The van der Waals surface area contributed by atoms with E-state index in [0.717, 1.165) is 5.39 Å². The Kier molecular flexibility index (Phi) is 3.93. The molecule has 0 fully saturated rings. The molecule has 0 bridgehead atoms. The van der Waals surface area contributed by atoms with Gasteiger partial charge in [-0.2, -0.15) is 0 Å². The SMILES string of the molecule is COC(=O)CNC(=O)c1oc2ccc(OC)cc2c1C. The van der Waals surface area contributed by atoms with E-state index in [1.54, 1.807) is 32.2 Å². The quantitative estimate of drug-likeness (QED) is 0.860. The van der Waals surface area contributed by atoms with Crippen molar-refractivity contribution in [2.45, 2.75) is 6.92 Å². The highest BCUT2D eigenvalue weighted by Gasteiger charge is 2.18. The molecule has 1 N–H and O–H groups in total. The molecular weight excluding hydrogens is 262 g/mol. The lowest BCUT2D eigenvalue weighted by Gasteiger charge is -2.01. The van der Waals surface area contributed by atoms with Crippen LogP contribution in [0.1, 0.15) is 16.1 Å². The average molecular weight is 277 g/mol. The monoisotopic (exact) mass is 277 g/mol. The smallest absolute Gasteiger partial charge is 0.325 e. The number of hydrogen-bond acceptors (Lipinski definition) is 5. The van der Waals surface area contributed by atoms with Crippen LogP contribution in [0.5, 0.6) is 5.75 Å². The molecule has 0 aliphatic carbocycles. The van der Waals surface area contributed by atoms with Crippen molar-refractivity contribution in [2.24, 2.45) is 0 Å². The van der Waals surface area contributed by atoms with Crippen molar-refractivity contribution in [1.82, 2.24) is 5.32 Å². The number of rotatable bonds is 4. The molecule has 6 heteroatoms. The Hall–Kier alpha value is -2.50. The summed E-state index contributed by atoms with van der Waals surface area (Å²) in [6, 6.07) is 5.28. The maximum absolute atomic E-state index is 12.0. The average Bonchev–Trinajstić information content (AvgIpc) is 2.81.